The predicted octanol–water partition coefficient (Wildman–Crippen LogP) is 3.65. The van der Waals surface area contributed by atoms with E-state index in [0.29, 0.717) is 5.92 Å². The quantitative estimate of drug-likeness (QED) is 0.407. The number of aromatic nitrogens is 1. The molecule has 8 heteroatoms. The Morgan fingerprint density at radius 2 is 1.71 bits per heavy atom. The smallest absolute Gasteiger partial charge is 0.353 e. The summed E-state index contributed by atoms with van der Waals surface area (Å²) in [4.78, 5) is 40.1. The molecule has 0 fully saturated rings. The summed E-state index contributed by atoms with van der Waals surface area (Å²) in [5.74, 6) is -1.69. The van der Waals surface area contributed by atoms with Gasteiger partial charge in [0.2, 0.25) is 0 Å². The van der Waals surface area contributed by atoms with Gasteiger partial charge in [0, 0.05) is 11.3 Å². The standard InChI is InChI=1S/C20H29N3O4S/c1-6-8-10-15(11-9-7-2)19-23-16(12-28-19)18(25)21-13(3)17(24)22-14(4)20(26)27-5/h12,15H,3-4,6-11H2,1-2,5H3,(H,21,25)(H,22,24). The Labute approximate surface area is 170 Å². The largest absolute Gasteiger partial charge is 0.464 e. The van der Waals surface area contributed by atoms with Gasteiger partial charge in [-0.25, -0.2) is 9.78 Å². The number of methoxy groups -OCH3 is 1. The molecule has 0 aliphatic heterocycles. The molecular formula is C20H29N3O4S. The molecule has 1 rings (SSSR count). The fourth-order valence-electron chi connectivity index (χ4n) is 2.52. The summed E-state index contributed by atoms with van der Waals surface area (Å²) in [6.45, 7) is 11.2. The van der Waals surface area contributed by atoms with Gasteiger partial charge in [-0.1, -0.05) is 52.7 Å². The van der Waals surface area contributed by atoms with Crippen molar-refractivity contribution < 1.29 is 19.1 Å². The van der Waals surface area contributed by atoms with Crippen LogP contribution in [0.4, 0.5) is 0 Å². The molecule has 0 aliphatic rings. The van der Waals surface area contributed by atoms with Crippen LogP contribution in [0.2, 0.25) is 0 Å². The summed E-state index contributed by atoms with van der Waals surface area (Å²) in [5, 5.41) is 7.25. The van der Waals surface area contributed by atoms with E-state index in [1.807, 2.05) is 0 Å². The van der Waals surface area contributed by atoms with Crippen LogP contribution in [-0.2, 0) is 14.3 Å². The highest BCUT2D eigenvalue weighted by Crippen LogP contribution is 2.30. The molecule has 1 aromatic heterocycles. The van der Waals surface area contributed by atoms with Crippen molar-refractivity contribution >= 4 is 29.1 Å². The van der Waals surface area contributed by atoms with Gasteiger partial charge in [0.1, 0.15) is 11.4 Å². The molecule has 0 spiro atoms. The van der Waals surface area contributed by atoms with E-state index in [0.717, 1.165) is 43.5 Å². The first-order valence-electron chi connectivity index (χ1n) is 9.38. The van der Waals surface area contributed by atoms with Crippen molar-refractivity contribution in [3.63, 3.8) is 0 Å². The lowest BCUT2D eigenvalue weighted by atomic mass is 9.97. The Morgan fingerprint density at radius 3 is 2.25 bits per heavy atom. The molecule has 0 saturated heterocycles. The van der Waals surface area contributed by atoms with Crippen LogP contribution in [0.25, 0.3) is 0 Å². The molecule has 0 atom stereocenters. The predicted molar refractivity (Wildman–Crippen MR) is 110 cm³/mol. The van der Waals surface area contributed by atoms with Crippen molar-refractivity contribution in [3.8, 4) is 0 Å². The summed E-state index contributed by atoms with van der Waals surface area (Å²) in [5.41, 5.74) is -0.203. The zero-order valence-electron chi connectivity index (χ0n) is 16.8. The van der Waals surface area contributed by atoms with E-state index in [2.05, 4.69) is 47.4 Å². The second-order valence-corrected chi connectivity index (χ2v) is 7.30. The monoisotopic (exact) mass is 407 g/mol. The summed E-state index contributed by atoms with van der Waals surface area (Å²) >= 11 is 1.46. The number of carbonyl (C=O) groups excluding carboxylic acids is 3. The lowest BCUT2D eigenvalue weighted by molar-refractivity contribution is -0.137. The first-order chi connectivity index (χ1) is 13.3. The Bertz CT molecular complexity index is 719. The van der Waals surface area contributed by atoms with Crippen molar-refractivity contribution in [2.24, 2.45) is 0 Å². The maximum atomic E-state index is 12.4. The normalized spacial score (nSPS) is 10.4. The Morgan fingerprint density at radius 1 is 1.11 bits per heavy atom. The highest BCUT2D eigenvalue weighted by molar-refractivity contribution is 7.09. The third kappa shape index (κ3) is 7.26. The van der Waals surface area contributed by atoms with Crippen LogP contribution >= 0.6 is 11.3 Å². The molecule has 2 N–H and O–H groups in total. The summed E-state index contributed by atoms with van der Waals surface area (Å²) < 4.78 is 4.45. The third-order valence-corrected chi connectivity index (χ3v) is 5.16. The second-order valence-electron chi connectivity index (χ2n) is 6.41. The van der Waals surface area contributed by atoms with Crippen molar-refractivity contribution in [3.05, 3.63) is 40.6 Å². The van der Waals surface area contributed by atoms with E-state index in [4.69, 9.17) is 0 Å². The van der Waals surface area contributed by atoms with Gasteiger partial charge in [0.25, 0.3) is 11.8 Å². The molecule has 0 unspecified atom stereocenters. The minimum Gasteiger partial charge on any atom is -0.464 e. The summed E-state index contributed by atoms with van der Waals surface area (Å²) in [6.07, 6.45) is 6.58. The molecule has 0 aliphatic carbocycles. The molecule has 1 aromatic rings. The maximum Gasteiger partial charge on any atom is 0.353 e. The van der Waals surface area contributed by atoms with Crippen molar-refractivity contribution in [1.82, 2.24) is 15.6 Å². The number of carbonyl (C=O) groups is 3. The Kier molecular flexibility index (Phi) is 10.2. The second kappa shape index (κ2) is 12.1. The van der Waals surface area contributed by atoms with Crippen molar-refractivity contribution in [2.45, 2.75) is 58.3 Å². The molecule has 0 bridgehead atoms. The Hall–Kier alpha value is -2.48. The molecule has 154 valence electrons. The first kappa shape index (κ1) is 23.6. The summed E-state index contributed by atoms with van der Waals surface area (Å²) in [7, 11) is 1.17. The fraction of sp³-hybridized carbons (Fsp3) is 0.500. The van der Waals surface area contributed by atoms with Crippen LogP contribution in [0.1, 0.15) is 73.8 Å². The van der Waals surface area contributed by atoms with Gasteiger partial charge < -0.3 is 15.4 Å². The molecule has 0 saturated carbocycles. The van der Waals surface area contributed by atoms with E-state index in [9.17, 15) is 14.4 Å². The van der Waals surface area contributed by atoms with Gasteiger partial charge in [-0.2, -0.15) is 0 Å². The van der Waals surface area contributed by atoms with Gasteiger partial charge in [0.05, 0.1) is 17.8 Å². The number of nitrogens with one attached hydrogen (secondary N) is 2. The van der Waals surface area contributed by atoms with Crippen molar-refractivity contribution in [1.29, 1.82) is 0 Å². The van der Waals surface area contributed by atoms with E-state index >= 15 is 0 Å². The number of thiazole rings is 1. The van der Waals surface area contributed by atoms with Gasteiger partial charge in [-0.3, -0.25) is 9.59 Å². The van der Waals surface area contributed by atoms with Gasteiger partial charge in [0.15, 0.2) is 0 Å². The topological polar surface area (TPSA) is 97.4 Å². The van der Waals surface area contributed by atoms with E-state index in [1.54, 1.807) is 5.38 Å². The van der Waals surface area contributed by atoms with Crippen LogP contribution in [0, 0.1) is 0 Å². The minimum absolute atomic E-state index is 0.210. The average molecular weight is 408 g/mol. The average Bonchev–Trinajstić information content (AvgIpc) is 3.17. The van der Waals surface area contributed by atoms with E-state index in [-0.39, 0.29) is 17.1 Å². The fourth-order valence-corrected chi connectivity index (χ4v) is 3.49. The molecule has 7 nitrogen and oxygen atoms in total. The van der Waals surface area contributed by atoms with E-state index < -0.39 is 17.8 Å². The zero-order chi connectivity index (χ0) is 21.1. The molecular weight excluding hydrogens is 378 g/mol. The lowest BCUT2D eigenvalue weighted by Gasteiger charge is -2.13. The number of hydrogen-bond acceptors (Lipinski definition) is 6. The number of nitrogens with zero attached hydrogens (tertiary/aromatic N) is 1. The third-order valence-electron chi connectivity index (χ3n) is 4.15. The number of hydrogen-bond donors (Lipinski definition) is 2. The lowest BCUT2D eigenvalue weighted by Crippen LogP contribution is -2.35. The number of amides is 2. The highest BCUT2D eigenvalue weighted by atomic mass is 32.1. The van der Waals surface area contributed by atoms with Crippen LogP contribution in [0.5, 0.6) is 0 Å². The molecule has 2 amide bonds. The van der Waals surface area contributed by atoms with Crippen LogP contribution < -0.4 is 10.6 Å². The van der Waals surface area contributed by atoms with Gasteiger partial charge >= 0.3 is 5.97 Å². The van der Waals surface area contributed by atoms with Crippen LogP contribution in [0.15, 0.2) is 29.9 Å². The number of rotatable bonds is 12. The molecule has 0 radical (unpaired) electrons. The molecule has 0 aromatic carbocycles. The summed E-state index contributed by atoms with van der Waals surface area (Å²) in [6, 6.07) is 0. The van der Waals surface area contributed by atoms with E-state index in [1.165, 1.54) is 18.4 Å². The van der Waals surface area contributed by atoms with Gasteiger partial charge in [-0.05, 0) is 12.8 Å². The Balaban J connectivity index is 2.71. The highest BCUT2D eigenvalue weighted by Gasteiger charge is 2.20. The van der Waals surface area contributed by atoms with Crippen molar-refractivity contribution in [2.75, 3.05) is 7.11 Å². The maximum absolute atomic E-state index is 12.4. The number of esters is 1. The number of ether oxygens (including phenoxy) is 1. The molecule has 1 heterocycles. The zero-order valence-corrected chi connectivity index (χ0v) is 17.6. The SMILES string of the molecule is C=C(NC(=O)c1csc(C(CCCC)CCCC)n1)C(=O)NC(=C)C(=O)OC. The minimum atomic E-state index is -0.776. The van der Waals surface area contributed by atoms with Gasteiger partial charge in [-0.15, -0.1) is 11.3 Å². The number of unbranched alkanes of at least 4 members (excludes halogenated alkanes) is 2. The van der Waals surface area contributed by atoms with Crippen LogP contribution in [0.3, 0.4) is 0 Å². The van der Waals surface area contributed by atoms with Crippen LogP contribution in [-0.4, -0.2) is 29.9 Å². The molecule has 28 heavy (non-hydrogen) atoms. The first-order valence-corrected chi connectivity index (χ1v) is 10.3.